The number of ketones is 1. The largest absolute Gasteiger partial charge is 0.387 e. The fourth-order valence-electron chi connectivity index (χ4n) is 4.68. The number of benzene rings is 1. The van der Waals surface area contributed by atoms with Crippen LogP contribution < -0.4 is 5.32 Å². The van der Waals surface area contributed by atoms with E-state index in [1.54, 1.807) is 0 Å². The Morgan fingerprint density at radius 3 is 3.00 bits per heavy atom. The molecule has 1 aromatic rings. The Hall–Kier alpha value is -1.19. The molecule has 1 saturated heterocycles. The number of hydrogen-bond donors (Lipinski definition) is 2. The number of carbonyl (C=O) groups is 1. The Labute approximate surface area is 113 Å². The van der Waals surface area contributed by atoms with E-state index in [9.17, 15) is 9.90 Å². The average molecular weight is 257 g/mol. The number of carbonyl (C=O) groups excluding carboxylic acids is 1. The topological polar surface area (TPSA) is 49.3 Å². The van der Waals surface area contributed by atoms with Gasteiger partial charge in [-0.2, -0.15) is 0 Å². The van der Waals surface area contributed by atoms with Crippen molar-refractivity contribution in [2.45, 2.75) is 49.2 Å². The fourth-order valence-corrected chi connectivity index (χ4v) is 4.68. The maximum absolute atomic E-state index is 12.0. The summed E-state index contributed by atoms with van der Waals surface area (Å²) >= 11 is 0. The number of fused-ring (bicyclic) bond motifs is 1. The van der Waals surface area contributed by atoms with E-state index in [-0.39, 0.29) is 11.5 Å². The second-order valence-electron chi connectivity index (χ2n) is 6.34. The van der Waals surface area contributed by atoms with E-state index in [0.29, 0.717) is 25.0 Å². The van der Waals surface area contributed by atoms with Crippen LogP contribution in [0.5, 0.6) is 0 Å². The molecule has 2 bridgehead atoms. The van der Waals surface area contributed by atoms with E-state index in [4.69, 9.17) is 0 Å². The second kappa shape index (κ2) is 3.68. The lowest BCUT2D eigenvalue weighted by molar-refractivity contribution is -0.149. The van der Waals surface area contributed by atoms with E-state index in [2.05, 4.69) is 23.5 Å². The zero-order valence-corrected chi connectivity index (χ0v) is 11.0. The summed E-state index contributed by atoms with van der Waals surface area (Å²) in [7, 11) is 0. The molecule has 1 saturated carbocycles. The van der Waals surface area contributed by atoms with Gasteiger partial charge in [0.25, 0.3) is 0 Å². The minimum Gasteiger partial charge on any atom is -0.387 e. The van der Waals surface area contributed by atoms with Crippen molar-refractivity contribution in [3.05, 3.63) is 35.4 Å². The van der Waals surface area contributed by atoms with Crippen LogP contribution in [0.15, 0.2) is 24.3 Å². The predicted octanol–water partition coefficient (Wildman–Crippen LogP) is 1.33. The summed E-state index contributed by atoms with van der Waals surface area (Å²) in [4.78, 5) is 12.0. The van der Waals surface area contributed by atoms with Crippen LogP contribution >= 0.6 is 0 Å². The molecule has 3 aliphatic rings. The maximum atomic E-state index is 12.0. The van der Waals surface area contributed by atoms with E-state index >= 15 is 0 Å². The summed E-state index contributed by atoms with van der Waals surface area (Å²) in [6.07, 6.45) is 3.39. The molecule has 3 atom stereocenters. The summed E-state index contributed by atoms with van der Waals surface area (Å²) in [5, 5.41) is 14.8. The number of rotatable bonds is 0. The second-order valence-corrected chi connectivity index (χ2v) is 6.34. The van der Waals surface area contributed by atoms with Crippen LogP contribution in [0.2, 0.25) is 0 Å². The van der Waals surface area contributed by atoms with Gasteiger partial charge in [-0.1, -0.05) is 24.3 Å². The van der Waals surface area contributed by atoms with Crippen molar-refractivity contribution in [1.82, 2.24) is 5.32 Å². The van der Waals surface area contributed by atoms with Gasteiger partial charge >= 0.3 is 0 Å². The zero-order chi connectivity index (χ0) is 13.1. The van der Waals surface area contributed by atoms with Gasteiger partial charge in [0.15, 0.2) is 0 Å². The molecule has 1 aliphatic heterocycles. The van der Waals surface area contributed by atoms with E-state index < -0.39 is 5.60 Å². The molecule has 2 fully saturated rings. The molecule has 4 rings (SSSR count). The number of aliphatic hydroxyl groups is 1. The summed E-state index contributed by atoms with van der Waals surface area (Å²) in [5.41, 5.74) is 1.45. The Kier molecular flexibility index (Phi) is 2.25. The predicted molar refractivity (Wildman–Crippen MR) is 72.0 cm³/mol. The highest BCUT2D eigenvalue weighted by molar-refractivity contribution is 5.82. The fraction of sp³-hybridized carbons (Fsp3) is 0.562. The molecule has 1 heterocycles. The Bertz CT molecular complexity index is 555. The monoisotopic (exact) mass is 257 g/mol. The minimum absolute atomic E-state index is 0.101. The van der Waals surface area contributed by atoms with Crippen LogP contribution in [0, 0.1) is 0 Å². The highest BCUT2D eigenvalue weighted by Crippen LogP contribution is 2.55. The van der Waals surface area contributed by atoms with Crippen molar-refractivity contribution >= 4 is 5.78 Å². The van der Waals surface area contributed by atoms with Crippen molar-refractivity contribution in [2.24, 2.45) is 0 Å². The Morgan fingerprint density at radius 1 is 1.26 bits per heavy atom. The molecule has 19 heavy (non-hydrogen) atoms. The van der Waals surface area contributed by atoms with Gasteiger partial charge in [-0.3, -0.25) is 4.79 Å². The maximum Gasteiger partial charge on any atom is 0.134 e. The highest BCUT2D eigenvalue weighted by atomic mass is 16.3. The summed E-state index contributed by atoms with van der Waals surface area (Å²) < 4.78 is 0. The van der Waals surface area contributed by atoms with Gasteiger partial charge in [0.1, 0.15) is 5.78 Å². The SMILES string of the molecule is O=C1CC[C@@]2(O)[C@H]3Cc4ccccc4[C@@]2(CCN3)C1. The van der Waals surface area contributed by atoms with Crippen molar-refractivity contribution in [1.29, 1.82) is 0 Å². The molecule has 2 aliphatic carbocycles. The smallest absolute Gasteiger partial charge is 0.134 e. The Morgan fingerprint density at radius 2 is 2.11 bits per heavy atom. The molecule has 1 aromatic carbocycles. The first kappa shape index (κ1) is 11.6. The van der Waals surface area contributed by atoms with Gasteiger partial charge in [0.05, 0.1) is 5.60 Å². The van der Waals surface area contributed by atoms with Crippen LogP contribution in [0.3, 0.4) is 0 Å². The standard InChI is InChI=1S/C16H19NO2/c18-12-5-6-16(19)14-9-11-3-1-2-4-13(11)15(16,10-12)7-8-17-14/h1-4,14,17,19H,5-10H2/t14-,15-,16-/m1/s1. The van der Waals surface area contributed by atoms with Crippen LogP contribution in [0.4, 0.5) is 0 Å². The third kappa shape index (κ3) is 1.32. The van der Waals surface area contributed by atoms with Crippen LogP contribution in [0.1, 0.15) is 36.8 Å². The first-order valence-electron chi connectivity index (χ1n) is 7.22. The van der Waals surface area contributed by atoms with Crippen molar-refractivity contribution in [2.75, 3.05) is 6.54 Å². The van der Waals surface area contributed by atoms with Gasteiger partial charge in [0, 0.05) is 24.3 Å². The normalized spacial score (nSPS) is 40.5. The first-order chi connectivity index (χ1) is 9.16. The van der Waals surface area contributed by atoms with Gasteiger partial charge < -0.3 is 10.4 Å². The molecule has 0 spiro atoms. The quantitative estimate of drug-likeness (QED) is 0.737. The molecule has 2 N–H and O–H groups in total. The molecule has 0 unspecified atom stereocenters. The lowest BCUT2D eigenvalue weighted by Gasteiger charge is -2.60. The van der Waals surface area contributed by atoms with E-state index in [1.807, 2.05) is 6.07 Å². The van der Waals surface area contributed by atoms with Crippen LogP contribution in [-0.2, 0) is 16.6 Å². The molecule has 100 valence electrons. The lowest BCUT2D eigenvalue weighted by Crippen LogP contribution is -2.72. The van der Waals surface area contributed by atoms with Crippen molar-refractivity contribution < 1.29 is 9.90 Å². The average Bonchev–Trinajstić information content (AvgIpc) is 2.39. The first-order valence-corrected chi connectivity index (χ1v) is 7.22. The zero-order valence-electron chi connectivity index (χ0n) is 11.0. The number of nitrogens with one attached hydrogen (secondary N) is 1. The van der Waals surface area contributed by atoms with Crippen molar-refractivity contribution in [3.8, 4) is 0 Å². The summed E-state index contributed by atoms with van der Waals surface area (Å²) in [6.45, 7) is 0.897. The van der Waals surface area contributed by atoms with Gasteiger partial charge in [0.2, 0.25) is 0 Å². The molecular formula is C16H19NO2. The van der Waals surface area contributed by atoms with Crippen LogP contribution in [-0.4, -0.2) is 29.1 Å². The summed E-state index contributed by atoms with van der Waals surface area (Å²) in [5.74, 6) is 0.307. The molecule has 0 aromatic heterocycles. The molecular weight excluding hydrogens is 238 g/mol. The number of Topliss-reactive ketones (excluding diaryl/α,β-unsaturated/α-hetero) is 1. The summed E-state index contributed by atoms with van der Waals surface area (Å²) in [6, 6.07) is 8.47. The van der Waals surface area contributed by atoms with Gasteiger partial charge in [-0.25, -0.2) is 0 Å². The Balaban J connectivity index is 1.97. The number of hydrogen-bond acceptors (Lipinski definition) is 3. The minimum atomic E-state index is -0.743. The van der Waals surface area contributed by atoms with E-state index in [0.717, 1.165) is 19.4 Å². The van der Waals surface area contributed by atoms with Crippen LogP contribution in [0.25, 0.3) is 0 Å². The molecule has 0 radical (unpaired) electrons. The molecule has 0 amide bonds. The van der Waals surface area contributed by atoms with Gasteiger partial charge in [-0.15, -0.1) is 0 Å². The highest BCUT2D eigenvalue weighted by Gasteiger charge is 2.62. The van der Waals surface area contributed by atoms with Gasteiger partial charge in [-0.05, 0) is 36.9 Å². The number of piperidine rings is 1. The third-order valence-electron chi connectivity index (χ3n) is 5.59. The van der Waals surface area contributed by atoms with Crippen molar-refractivity contribution in [3.63, 3.8) is 0 Å². The third-order valence-corrected chi connectivity index (χ3v) is 5.59. The molecule has 3 heteroatoms. The lowest BCUT2D eigenvalue weighted by atomic mass is 9.50. The van der Waals surface area contributed by atoms with E-state index in [1.165, 1.54) is 11.1 Å². The molecule has 3 nitrogen and oxygen atoms in total.